The van der Waals surface area contributed by atoms with Crippen LogP contribution in [0.2, 0.25) is 0 Å². The van der Waals surface area contributed by atoms with Gasteiger partial charge < -0.3 is 9.47 Å². The molecule has 0 bridgehead atoms. The molecule has 0 N–H and O–H groups in total. The van der Waals surface area contributed by atoms with E-state index in [9.17, 15) is 9.18 Å². The van der Waals surface area contributed by atoms with E-state index in [1.165, 1.54) is 20.4 Å². The van der Waals surface area contributed by atoms with Gasteiger partial charge in [-0.25, -0.2) is 9.78 Å². The summed E-state index contributed by atoms with van der Waals surface area (Å²) < 4.78 is 23.1. The molecule has 0 amide bonds. The Labute approximate surface area is 109 Å². The van der Waals surface area contributed by atoms with Gasteiger partial charge in [-0.15, -0.1) is 0 Å². The Hall–Kier alpha value is -2.43. The van der Waals surface area contributed by atoms with Crippen molar-refractivity contribution in [2.24, 2.45) is 0 Å². The molecule has 0 saturated carbocycles. The Bertz CT molecular complexity index is 613. The highest BCUT2D eigenvalue weighted by atomic mass is 19.1. The maximum atomic E-state index is 13.2. The van der Waals surface area contributed by atoms with E-state index in [1.54, 1.807) is 24.3 Å². The molecule has 5 heteroatoms. The molecule has 4 nitrogen and oxygen atoms in total. The smallest absolute Gasteiger partial charge is 0.338 e. The van der Waals surface area contributed by atoms with Crippen LogP contribution in [0, 0.1) is 5.95 Å². The van der Waals surface area contributed by atoms with E-state index in [-0.39, 0.29) is 5.56 Å². The van der Waals surface area contributed by atoms with Crippen molar-refractivity contribution in [1.29, 1.82) is 0 Å². The number of ether oxygens (including phenoxy) is 2. The number of carbonyl (C=O) groups is 1. The largest absolute Gasteiger partial charge is 0.496 e. The van der Waals surface area contributed by atoms with Gasteiger partial charge in [0, 0.05) is 23.4 Å². The van der Waals surface area contributed by atoms with E-state index in [0.29, 0.717) is 16.9 Å². The number of methoxy groups -OCH3 is 2. The van der Waals surface area contributed by atoms with Gasteiger partial charge >= 0.3 is 5.97 Å². The maximum Gasteiger partial charge on any atom is 0.338 e. The summed E-state index contributed by atoms with van der Waals surface area (Å²) in [7, 11) is 2.76. The van der Waals surface area contributed by atoms with Gasteiger partial charge in [-0.2, -0.15) is 4.39 Å². The van der Waals surface area contributed by atoms with Crippen LogP contribution >= 0.6 is 0 Å². The average Bonchev–Trinajstić information content (AvgIpc) is 2.46. The quantitative estimate of drug-likeness (QED) is 0.629. The molecule has 0 aliphatic heterocycles. The molecular formula is C14H12FNO3. The first-order valence-corrected chi connectivity index (χ1v) is 5.54. The van der Waals surface area contributed by atoms with Crippen LogP contribution in [0.3, 0.4) is 0 Å². The molecule has 1 heterocycles. The second-order valence-electron chi connectivity index (χ2n) is 3.74. The summed E-state index contributed by atoms with van der Waals surface area (Å²) in [5, 5.41) is 0. The van der Waals surface area contributed by atoms with Gasteiger partial charge in [0.1, 0.15) is 5.75 Å². The van der Waals surface area contributed by atoms with Crippen LogP contribution in [0.5, 0.6) is 5.75 Å². The minimum Gasteiger partial charge on any atom is -0.496 e. The maximum absolute atomic E-state index is 13.2. The molecular weight excluding hydrogens is 249 g/mol. The predicted molar refractivity (Wildman–Crippen MR) is 67.5 cm³/mol. The predicted octanol–water partition coefficient (Wildman–Crippen LogP) is 2.68. The summed E-state index contributed by atoms with van der Waals surface area (Å²) >= 11 is 0. The Morgan fingerprint density at radius 3 is 2.63 bits per heavy atom. The summed E-state index contributed by atoms with van der Waals surface area (Å²) in [6.45, 7) is 0. The van der Waals surface area contributed by atoms with Gasteiger partial charge in [-0.3, -0.25) is 0 Å². The second kappa shape index (κ2) is 5.48. The molecule has 0 saturated heterocycles. The van der Waals surface area contributed by atoms with E-state index in [2.05, 4.69) is 9.72 Å². The molecule has 0 aliphatic rings. The Morgan fingerprint density at radius 1 is 1.21 bits per heavy atom. The zero-order chi connectivity index (χ0) is 13.8. The summed E-state index contributed by atoms with van der Waals surface area (Å²) in [6, 6.07) is 8.16. The third-order valence-electron chi connectivity index (χ3n) is 2.67. The SMILES string of the molecule is COC(=O)c1cc(F)ncc1-c1ccccc1OC. The van der Waals surface area contributed by atoms with Gasteiger partial charge in [-0.1, -0.05) is 18.2 Å². The van der Waals surface area contributed by atoms with E-state index in [1.807, 2.05) is 0 Å². The van der Waals surface area contributed by atoms with Crippen LogP contribution < -0.4 is 4.74 Å². The number of benzene rings is 1. The molecule has 2 aromatic rings. The molecule has 1 aromatic heterocycles. The van der Waals surface area contributed by atoms with E-state index in [0.717, 1.165) is 6.07 Å². The van der Waals surface area contributed by atoms with Crippen LogP contribution in [0.25, 0.3) is 11.1 Å². The minimum absolute atomic E-state index is 0.111. The molecule has 0 spiro atoms. The lowest BCUT2D eigenvalue weighted by molar-refractivity contribution is 0.0601. The van der Waals surface area contributed by atoms with Gasteiger partial charge in [0.05, 0.1) is 19.8 Å². The number of carbonyl (C=O) groups excluding carboxylic acids is 1. The van der Waals surface area contributed by atoms with Gasteiger partial charge in [0.15, 0.2) is 0 Å². The first kappa shape index (κ1) is 13.0. The fraction of sp³-hybridized carbons (Fsp3) is 0.143. The number of hydrogen-bond acceptors (Lipinski definition) is 4. The normalized spacial score (nSPS) is 10.1. The molecule has 98 valence electrons. The zero-order valence-electron chi connectivity index (χ0n) is 10.5. The summed E-state index contributed by atoms with van der Waals surface area (Å²) in [6.07, 6.45) is 1.29. The van der Waals surface area contributed by atoms with Gasteiger partial charge in [0.25, 0.3) is 0 Å². The van der Waals surface area contributed by atoms with Crippen molar-refractivity contribution in [1.82, 2.24) is 4.98 Å². The molecule has 0 unspecified atom stereocenters. The zero-order valence-corrected chi connectivity index (χ0v) is 10.5. The van der Waals surface area contributed by atoms with Crippen LogP contribution in [0.15, 0.2) is 36.5 Å². The number of esters is 1. The van der Waals surface area contributed by atoms with Crippen molar-refractivity contribution < 1.29 is 18.7 Å². The summed E-state index contributed by atoms with van der Waals surface area (Å²) in [4.78, 5) is 15.3. The van der Waals surface area contributed by atoms with E-state index < -0.39 is 11.9 Å². The Kier molecular flexibility index (Phi) is 3.75. The van der Waals surface area contributed by atoms with E-state index >= 15 is 0 Å². The van der Waals surface area contributed by atoms with Crippen molar-refractivity contribution in [3.63, 3.8) is 0 Å². The molecule has 0 fully saturated rings. The van der Waals surface area contributed by atoms with Gasteiger partial charge in [-0.05, 0) is 6.07 Å². The lowest BCUT2D eigenvalue weighted by Gasteiger charge is -2.11. The molecule has 0 atom stereocenters. The monoisotopic (exact) mass is 261 g/mol. The Balaban J connectivity index is 2.65. The fourth-order valence-electron chi connectivity index (χ4n) is 1.79. The highest BCUT2D eigenvalue weighted by Crippen LogP contribution is 2.32. The number of aromatic nitrogens is 1. The van der Waals surface area contributed by atoms with Crippen LogP contribution in [0.4, 0.5) is 4.39 Å². The number of rotatable bonds is 3. The van der Waals surface area contributed by atoms with Crippen LogP contribution in [-0.2, 0) is 4.74 Å². The number of halogens is 1. The second-order valence-corrected chi connectivity index (χ2v) is 3.74. The van der Waals surface area contributed by atoms with Crippen LogP contribution in [-0.4, -0.2) is 25.2 Å². The molecule has 2 rings (SSSR count). The number of pyridine rings is 1. The van der Waals surface area contributed by atoms with Crippen molar-refractivity contribution >= 4 is 5.97 Å². The first-order chi connectivity index (χ1) is 9.17. The fourth-order valence-corrected chi connectivity index (χ4v) is 1.79. The van der Waals surface area contributed by atoms with Crippen LogP contribution in [0.1, 0.15) is 10.4 Å². The molecule has 0 radical (unpaired) electrons. The highest BCUT2D eigenvalue weighted by Gasteiger charge is 2.17. The summed E-state index contributed by atoms with van der Waals surface area (Å²) in [5.74, 6) is -0.790. The minimum atomic E-state index is -0.737. The standard InChI is InChI=1S/C14H12FNO3/c1-18-12-6-4-3-5-9(12)11-8-16-13(15)7-10(11)14(17)19-2/h3-8H,1-2H3. The van der Waals surface area contributed by atoms with Gasteiger partial charge in [0.2, 0.25) is 5.95 Å². The summed E-state index contributed by atoms with van der Waals surface area (Å²) in [5.41, 5.74) is 1.23. The lowest BCUT2D eigenvalue weighted by Crippen LogP contribution is -2.05. The lowest BCUT2D eigenvalue weighted by atomic mass is 10.0. The topological polar surface area (TPSA) is 48.4 Å². The molecule has 19 heavy (non-hydrogen) atoms. The number of hydrogen-bond donors (Lipinski definition) is 0. The van der Waals surface area contributed by atoms with E-state index in [4.69, 9.17) is 4.74 Å². The average molecular weight is 261 g/mol. The van der Waals surface area contributed by atoms with Crippen molar-refractivity contribution in [3.8, 4) is 16.9 Å². The molecule has 1 aromatic carbocycles. The van der Waals surface area contributed by atoms with Crippen molar-refractivity contribution in [2.75, 3.05) is 14.2 Å². The molecule has 0 aliphatic carbocycles. The Morgan fingerprint density at radius 2 is 1.95 bits per heavy atom. The first-order valence-electron chi connectivity index (χ1n) is 5.54. The number of nitrogens with zero attached hydrogens (tertiary/aromatic N) is 1. The number of para-hydroxylation sites is 1. The highest BCUT2D eigenvalue weighted by molar-refractivity contribution is 5.97. The third kappa shape index (κ3) is 2.54. The third-order valence-corrected chi connectivity index (χ3v) is 2.67. The van der Waals surface area contributed by atoms with Crippen molar-refractivity contribution in [2.45, 2.75) is 0 Å². The van der Waals surface area contributed by atoms with Crippen molar-refractivity contribution in [3.05, 3.63) is 48.0 Å².